The van der Waals surface area contributed by atoms with Crippen LogP contribution in [0.3, 0.4) is 0 Å². The Morgan fingerprint density at radius 2 is 2.25 bits per heavy atom. The maximum Gasteiger partial charge on any atom is 0.0589 e. The van der Waals surface area contributed by atoms with Gasteiger partial charge in [-0.05, 0) is 32.4 Å². The van der Waals surface area contributed by atoms with Crippen LogP contribution < -0.4 is 5.73 Å². The van der Waals surface area contributed by atoms with E-state index in [-0.39, 0.29) is 0 Å². The van der Waals surface area contributed by atoms with E-state index in [2.05, 4.69) is 11.9 Å². The normalized spacial score (nSPS) is 29.0. The first kappa shape index (κ1) is 9.96. The fraction of sp³-hybridized carbons (Fsp3) is 1.00. The van der Waals surface area contributed by atoms with Crippen molar-refractivity contribution in [2.24, 2.45) is 11.7 Å². The Bertz CT molecular complexity index is 128. The van der Waals surface area contributed by atoms with Crippen LogP contribution in [0, 0.1) is 5.92 Å². The zero-order valence-corrected chi connectivity index (χ0v) is 8.12. The van der Waals surface area contributed by atoms with Gasteiger partial charge in [-0.15, -0.1) is 0 Å². The number of nitrogens with two attached hydrogens (primary N) is 1. The van der Waals surface area contributed by atoms with Gasteiger partial charge in [-0.1, -0.05) is 0 Å². The Morgan fingerprint density at radius 1 is 1.50 bits per heavy atom. The van der Waals surface area contributed by atoms with Crippen LogP contribution in [0.5, 0.6) is 0 Å². The Balaban J connectivity index is 2.18. The molecule has 1 fully saturated rings. The molecule has 0 bridgehead atoms. The lowest BCUT2D eigenvalue weighted by atomic mass is 9.79. The molecule has 0 aromatic heterocycles. The first-order valence-corrected chi connectivity index (χ1v) is 4.68. The summed E-state index contributed by atoms with van der Waals surface area (Å²) in [6.45, 7) is 2.68. The second-order valence-corrected chi connectivity index (χ2v) is 3.61. The second-order valence-electron chi connectivity index (χ2n) is 3.61. The van der Waals surface area contributed by atoms with E-state index in [1.165, 1.54) is 12.8 Å². The van der Waals surface area contributed by atoms with Gasteiger partial charge in [-0.2, -0.15) is 0 Å². The molecule has 0 aromatic rings. The third-order valence-electron chi connectivity index (χ3n) is 2.89. The first-order valence-electron chi connectivity index (χ1n) is 4.68. The van der Waals surface area contributed by atoms with Gasteiger partial charge in [0, 0.05) is 19.7 Å². The van der Waals surface area contributed by atoms with Gasteiger partial charge in [-0.3, -0.25) is 0 Å². The van der Waals surface area contributed by atoms with E-state index in [4.69, 9.17) is 10.5 Å². The predicted octanol–water partition coefficient (Wildman–Crippen LogP) is 0.302. The van der Waals surface area contributed by atoms with Crippen molar-refractivity contribution in [2.75, 3.05) is 33.9 Å². The highest BCUT2D eigenvalue weighted by atomic mass is 16.5. The van der Waals surface area contributed by atoms with Crippen molar-refractivity contribution < 1.29 is 4.74 Å². The zero-order valence-electron chi connectivity index (χ0n) is 8.12. The molecule has 2 unspecified atom stereocenters. The van der Waals surface area contributed by atoms with Gasteiger partial charge >= 0.3 is 0 Å². The van der Waals surface area contributed by atoms with Crippen LogP contribution in [0.25, 0.3) is 0 Å². The summed E-state index contributed by atoms with van der Waals surface area (Å²) in [5.74, 6) is 0.729. The molecule has 2 N–H and O–H groups in total. The molecule has 0 heterocycles. The minimum absolute atomic E-state index is 0.713. The number of ether oxygens (including phenoxy) is 1. The van der Waals surface area contributed by atoms with Crippen LogP contribution in [-0.4, -0.2) is 44.8 Å². The predicted molar refractivity (Wildman–Crippen MR) is 50.1 cm³/mol. The summed E-state index contributed by atoms with van der Waals surface area (Å²) in [7, 11) is 3.90. The van der Waals surface area contributed by atoms with E-state index in [0.29, 0.717) is 6.04 Å². The van der Waals surface area contributed by atoms with Gasteiger partial charge in [0.2, 0.25) is 0 Å². The van der Waals surface area contributed by atoms with Gasteiger partial charge < -0.3 is 15.4 Å². The van der Waals surface area contributed by atoms with Gasteiger partial charge in [0.1, 0.15) is 0 Å². The molecule has 0 aliphatic heterocycles. The summed E-state index contributed by atoms with van der Waals surface area (Å²) in [6.07, 6.45) is 2.61. The van der Waals surface area contributed by atoms with Crippen LogP contribution in [0.1, 0.15) is 12.8 Å². The molecular formula is C9H20N2O. The molecule has 1 rings (SSSR count). The lowest BCUT2D eigenvalue weighted by Gasteiger charge is -2.42. The number of hydrogen-bond acceptors (Lipinski definition) is 3. The minimum atomic E-state index is 0.713. The quantitative estimate of drug-likeness (QED) is 0.648. The molecule has 0 amide bonds. The molecule has 72 valence electrons. The van der Waals surface area contributed by atoms with Gasteiger partial charge in [0.15, 0.2) is 0 Å². The molecule has 0 spiro atoms. The number of nitrogens with zero attached hydrogens (tertiary/aromatic N) is 1. The van der Waals surface area contributed by atoms with Crippen LogP contribution in [0.4, 0.5) is 0 Å². The maximum atomic E-state index is 5.63. The molecular weight excluding hydrogens is 152 g/mol. The van der Waals surface area contributed by atoms with Crippen molar-refractivity contribution in [1.29, 1.82) is 0 Å². The minimum Gasteiger partial charge on any atom is -0.383 e. The highest BCUT2D eigenvalue weighted by molar-refractivity contribution is 4.87. The molecule has 0 radical (unpaired) electrons. The van der Waals surface area contributed by atoms with Crippen molar-refractivity contribution in [3.63, 3.8) is 0 Å². The second kappa shape index (κ2) is 4.80. The molecule has 1 aliphatic rings. The average molecular weight is 172 g/mol. The average Bonchev–Trinajstić information content (AvgIpc) is 2.00. The third-order valence-corrected chi connectivity index (χ3v) is 2.89. The monoisotopic (exact) mass is 172 g/mol. The van der Waals surface area contributed by atoms with E-state index in [1.54, 1.807) is 7.11 Å². The van der Waals surface area contributed by atoms with Gasteiger partial charge in [-0.25, -0.2) is 0 Å². The first-order chi connectivity index (χ1) is 5.79. The molecule has 12 heavy (non-hydrogen) atoms. The van der Waals surface area contributed by atoms with Crippen molar-refractivity contribution in [2.45, 2.75) is 18.9 Å². The third kappa shape index (κ3) is 2.19. The summed E-state index contributed by atoms with van der Waals surface area (Å²) in [5.41, 5.74) is 5.63. The van der Waals surface area contributed by atoms with Gasteiger partial charge in [0.25, 0.3) is 0 Å². The Kier molecular flexibility index (Phi) is 3.98. The van der Waals surface area contributed by atoms with E-state index >= 15 is 0 Å². The van der Waals surface area contributed by atoms with Crippen LogP contribution in [-0.2, 0) is 4.74 Å². The molecule has 1 saturated carbocycles. The summed E-state index contributed by atoms with van der Waals surface area (Å²) < 4.78 is 5.03. The maximum absolute atomic E-state index is 5.63. The SMILES string of the molecule is COCCN(C)C1CCC1CN. The van der Waals surface area contributed by atoms with Gasteiger partial charge in [0.05, 0.1) is 6.61 Å². The molecule has 2 atom stereocenters. The van der Waals surface area contributed by atoms with Crippen molar-refractivity contribution in [3.05, 3.63) is 0 Å². The summed E-state index contributed by atoms with van der Waals surface area (Å²) in [6, 6.07) is 0.713. The smallest absolute Gasteiger partial charge is 0.0589 e. The van der Waals surface area contributed by atoms with E-state index < -0.39 is 0 Å². The summed E-state index contributed by atoms with van der Waals surface area (Å²) >= 11 is 0. The molecule has 0 saturated heterocycles. The largest absolute Gasteiger partial charge is 0.383 e. The highest BCUT2D eigenvalue weighted by Gasteiger charge is 2.32. The van der Waals surface area contributed by atoms with Crippen molar-refractivity contribution >= 4 is 0 Å². The molecule has 3 nitrogen and oxygen atoms in total. The summed E-state index contributed by atoms with van der Waals surface area (Å²) in [4.78, 5) is 2.37. The fourth-order valence-electron chi connectivity index (χ4n) is 1.81. The Labute approximate surface area is 74.9 Å². The Morgan fingerprint density at radius 3 is 2.67 bits per heavy atom. The van der Waals surface area contributed by atoms with E-state index in [0.717, 1.165) is 25.6 Å². The number of rotatable bonds is 5. The van der Waals surface area contributed by atoms with Crippen molar-refractivity contribution in [3.8, 4) is 0 Å². The van der Waals surface area contributed by atoms with Crippen LogP contribution >= 0.6 is 0 Å². The topological polar surface area (TPSA) is 38.5 Å². The standard InChI is InChI=1S/C9H20N2O/c1-11(5-6-12-2)9-4-3-8(9)7-10/h8-9H,3-7,10H2,1-2H3. The number of methoxy groups -OCH3 is 1. The van der Waals surface area contributed by atoms with Crippen LogP contribution in [0.15, 0.2) is 0 Å². The molecule has 0 aromatic carbocycles. The zero-order chi connectivity index (χ0) is 8.97. The Hall–Kier alpha value is -0.120. The highest BCUT2D eigenvalue weighted by Crippen LogP contribution is 2.30. The molecule has 3 heteroatoms. The number of likely N-dealkylation sites (N-methyl/N-ethyl adjacent to an activating group) is 1. The lowest BCUT2D eigenvalue weighted by molar-refractivity contribution is 0.0636. The molecule has 1 aliphatic carbocycles. The lowest BCUT2D eigenvalue weighted by Crippen LogP contribution is -2.48. The fourth-order valence-corrected chi connectivity index (χ4v) is 1.81. The number of hydrogen-bond donors (Lipinski definition) is 1. The van der Waals surface area contributed by atoms with E-state index in [9.17, 15) is 0 Å². The van der Waals surface area contributed by atoms with Crippen molar-refractivity contribution in [1.82, 2.24) is 4.90 Å². The van der Waals surface area contributed by atoms with Crippen LogP contribution in [0.2, 0.25) is 0 Å². The summed E-state index contributed by atoms with van der Waals surface area (Å²) in [5, 5.41) is 0. The van der Waals surface area contributed by atoms with E-state index in [1.807, 2.05) is 0 Å².